The van der Waals surface area contributed by atoms with Gasteiger partial charge in [0.15, 0.2) is 0 Å². The molecule has 0 bridgehead atoms. The zero-order valence-corrected chi connectivity index (χ0v) is 10.2. The van der Waals surface area contributed by atoms with Crippen molar-refractivity contribution < 1.29 is 4.74 Å². The van der Waals surface area contributed by atoms with Crippen LogP contribution >= 0.6 is 21.9 Å². The minimum Gasteiger partial charge on any atom is -0.368 e. The van der Waals surface area contributed by atoms with E-state index in [1.165, 1.54) is 0 Å². The first-order valence-corrected chi connectivity index (χ1v) is 5.72. The fraction of sp³-hybridized carbons (Fsp3) is 1.00. The molecule has 3 unspecified atom stereocenters. The van der Waals surface area contributed by atoms with Crippen molar-refractivity contribution in [1.82, 2.24) is 4.90 Å². The Bertz CT molecular complexity index is 105. The van der Waals surface area contributed by atoms with E-state index < -0.39 is 0 Å². The maximum atomic E-state index is 5.55. The van der Waals surface area contributed by atoms with Gasteiger partial charge in [0.1, 0.15) is 0 Å². The average Bonchev–Trinajstić information content (AvgIpc) is 2.06. The Morgan fingerprint density at radius 2 is 2.08 bits per heavy atom. The highest BCUT2D eigenvalue weighted by Gasteiger charge is 2.21. The third-order valence-corrected chi connectivity index (χ3v) is 2.35. The normalized spacial score (nSPS) is 30.8. The summed E-state index contributed by atoms with van der Waals surface area (Å²) in [6.45, 7) is 6.02. The lowest BCUT2D eigenvalue weighted by Gasteiger charge is -2.33. The molecule has 0 aromatic carbocycles. The number of rotatable bonds is 1. The summed E-state index contributed by atoms with van der Waals surface area (Å²) in [6, 6.07) is 0. The summed E-state index contributed by atoms with van der Waals surface area (Å²) in [7, 11) is 4.79. The minimum atomic E-state index is 0.288. The van der Waals surface area contributed by atoms with Crippen LogP contribution in [0.3, 0.4) is 0 Å². The van der Waals surface area contributed by atoms with Gasteiger partial charge in [0.05, 0.1) is 11.9 Å². The largest absolute Gasteiger partial charge is 0.368 e. The Hall–Kier alpha value is 0.700. The standard InChI is InChI=1S/C6H14NOPS.C2H6/c1-7-2-5(4-10)8-6(9)3-7;1-2/h5-6,10H,2-4,9H2,1H3;1-2H3. The summed E-state index contributed by atoms with van der Waals surface area (Å²) in [5.41, 5.74) is 0. The summed E-state index contributed by atoms with van der Waals surface area (Å²) in [5.74, 6) is 1.10. The fourth-order valence-electron chi connectivity index (χ4n) is 1.16. The lowest BCUT2D eigenvalue weighted by molar-refractivity contribution is -0.0249. The van der Waals surface area contributed by atoms with Crippen molar-refractivity contribution in [3.63, 3.8) is 0 Å². The summed E-state index contributed by atoms with van der Waals surface area (Å²) in [6.07, 6.45) is 0.310. The van der Waals surface area contributed by atoms with E-state index in [1.807, 2.05) is 13.8 Å². The Labute approximate surface area is 83.7 Å². The second kappa shape index (κ2) is 7.14. The highest BCUT2D eigenvalue weighted by molar-refractivity contribution is 7.80. The molecule has 1 heterocycles. The molecule has 0 aliphatic carbocycles. The number of likely N-dealkylation sites (N-methyl/N-ethyl adjacent to an activating group) is 1. The van der Waals surface area contributed by atoms with Gasteiger partial charge in [0.25, 0.3) is 0 Å². The van der Waals surface area contributed by atoms with Crippen LogP contribution < -0.4 is 0 Å². The Kier molecular flexibility index (Phi) is 7.55. The van der Waals surface area contributed by atoms with Gasteiger partial charge in [-0.05, 0) is 7.05 Å². The molecule has 74 valence electrons. The molecule has 1 aliphatic rings. The van der Waals surface area contributed by atoms with Gasteiger partial charge in [0.2, 0.25) is 0 Å². The molecule has 4 heteroatoms. The topological polar surface area (TPSA) is 12.5 Å². The van der Waals surface area contributed by atoms with Crippen molar-refractivity contribution >= 4 is 21.9 Å². The summed E-state index contributed by atoms with van der Waals surface area (Å²) in [4.78, 5) is 2.27. The van der Waals surface area contributed by atoms with E-state index in [1.54, 1.807) is 0 Å². The van der Waals surface area contributed by atoms with Gasteiger partial charge in [0, 0.05) is 18.8 Å². The third kappa shape index (κ3) is 4.66. The highest BCUT2D eigenvalue weighted by Crippen LogP contribution is 2.14. The van der Waals surface area contributed by atoms with Crippen LogP contribution in [0, 0.1) is 0 Å². The SMILES string of the molecule is CC.CN1CC(P)OC(CS)C1. The molecule has 0 aromatic heterocycles. The molecule has 0 saturated carbocycles. The maximum Gasteiger partial charge on any atom is 0.0839 e. The molecule has 3 atom stereocenters. The molecular formula is C8H20NOPS. The van der Waals surface area contributed by atoms with Crippen molar-refractivity contribution in [2.45, 2.75) is 25.8 Å². The van der Waals surface area contributed by atoms with Gasteiger partial charge in [-0.2, -0.15) is 12.6 Å². The molecule has 2 nitrogen and oxygen atoms in total. The first-order chi connectivity index (χ1) is 5.72. The van der Waals surface area contributed by atoms with E-state index in [9.17, 15) is 0 Å². The van der Waals surface area contributed by atoms with Gasteiger partial charge in [-0.25, -0.2) is 0 Å². The molecule has 0 spiro atoms. The van der Waals surface area contributed by atoms with Gasteiger partial charge in [-0.15, -0.1) is 9.24 Å². The van der Waals surface area contributed by atoms with Crippen molar-refractivity contribution in [1.29, 1.82) is 0 Å². The number of hydrogen-bond donors (Lipinski definition) is 1. The molecule has 1 saturated heterocycles. The Morgan fingerprint density at radius 1 is 1.50 bits per heavy atom. The van der Waals surface area contributed by atoms with Crippen molar-refractivity contribution in [3.05, 3.63) is 0 Å². The number of ether oxygens (including phenoxy) is 1. The zero-order valence-electron chi connectivity index (χ0n) is 8.16. The lowest BCUT2D eigenvalue weighted by atomic mass is 10.3. The lowest BCUT2D eigenvalue weighted by Crippen LogP contribution is -2.44. The predicted octanol–water partition coefficient (Wildman–Crippen LogP) is 1.47. The molecule has 0 radical (unpaired) electrons. The van der Waals surface area contributed by atoms with E-state index in [2.05, 4.69) is 33.8 Å². The van der Waals surface area contributed by atoms with E-state index in [-0.39, 0.29) is 5.85 Å². The fourth-order valence-corrected chi connectivity index (χ4v) is 1.95. The van der Waals surface area contributed by atoms with Crippen LogP contribution in [-0.4, -0.2) is 42.7 Å². The number of morpholine rings is 1. The predicted molar refractivity (Wildman–Crippen MR) is 61.1 cm³/mol. The number of thiol groups is 1. The Morgan fingerprint density at radius 3 is 2.50 bits per heavy atom. The number of hydrogen-bond acceptors (Lipinski definition) is 3. The quantitative estimate of drug-likeness (QED) is 0.518. The van der Waals surface area contributed by atoms with E-state index >= 15 is 0 Å². The second-order valence-electron chi connectivity index (χ2n) is 2.70. The van der Waals surface area contributed by atoms with Gasteiger partial charge >= 0.3 is 0 Å². The summed E-state index contributed by atoms with van der Waals surface area (Å²) < 4.78 is 5.55. The monoisotopic (exact) mass is 209 g/mol. The Balaban J connectivity index is 0.000000561. The molecule has 1 aliphatic heterocycles. The van der Waals surface area contributed by atoms with Crippen LogP contribution in [0.1, 0.15) is 13.8 Å². The van der Waals surface area contributed by atoms with Gasteiger partial charge < -0.3 is 9.64 Å². The van der Waals surface area contributed by atoms with E-state index in [0.29, 0.717) is 6.10 Å². The van der Waals surface area contributed by atoms with Crippen LogP contribution in [0.25, 0.3) is 0 Å². The molecule has 1 rings (SSSR count). The zero-order chi connectivity index (χ0) is 9.56. The molecule has 0 aromatic rings. The summed E-state index contributed by atoms with van der Waals surface area (Å²) >= 11 is 4.18. The highest BCUT2D eigenvalue weighted by atomic mass is 32.1. The first kappa shape index (κ1) is 12.7. The van der Waals surface area contributed by atoms with Crippen molar-refractivity contribution in [2.24, 2.45) is 0 Å². The van der Waals surface area contributed by atoms with Crippen LogP contribution in [-0.2, 0) is 4.74 Å². The average molecular weight is 209 g/mol. The van der Waals surface area contributed by atoms with E-state index in [0.717, 1.165) is 18.8 Å². The van der Waals surface area contributed by atoms with Gasteiger partial charge in [-0.1, -0.05) is 13.8 Å². The second-order valence-corrected chi connectivity index (χ2v) is 3.81. The van der Waals surface area contributed by atoms with Crippen LogP contribution in [0.5, 0.6) is 0 Å². The molecule has 0 N–H and O–H groups in total. The molecule has 1 fully saturated rings. The minimum absolute atomic E-state index is 0.288. The van der Waals surface area contributed by atoms with E-state index in [4.69, 9.17) is 4.74 Å². The molecule has 0 amide bonds. The third-order valence-electron chi connectivity index (χ3n) is 1.58. The molecular weight excluding hydrogens is 189 g/mol. The smallest absolute Gasteiger partial charge is 0.0839 e. The van der Waals surface area contributed by atoms with Crippen molar-refractivity contribution in [2.75, 3.05) is 25.9 Å². The number of nitrogens with zero attached hydrogens (tertiary/aromatic N) is 1. The first-order valence-electron chi connectivity index (χ1n) is 4.43. The van der Waals surface area contributed by atoms with Gasteiger partial charge in [-0.3, -0.25) is 0 Å². The maximum absolute atomic E-state index is 5.55. The summed E-state index contributed by atoms with van der Waals surface area (Å²) in [5, 5.41) is 0. The van der Waals surface area contributed by atoms with Crippen molar-refractivity contribution in [3.8, 4) is 0 Å². The van der Waals surface area contributed by atoms with Crippen LogP contribution in [0.2, 0.25) is 0 Å². The van der Waals surface area contributed by atoms with Crippen LogP contribution in [0.4, 0.5) is 0 Å². The van der Waals surface area contributed by atoms with Crippen LogP contribution in [0.15, 0.2) is 0 Å². The molecule has 12 heavy (non-hydrogen) atoms.